The van der Waals surface area contributed by atoms with E-state index in [1.165, 1.54) is 4.90 Å². The number of carbonyl (C=O) groups excluding carboxylic acids is 3. The van der Waals surface area contributed by atoms with Crippen molar-refractivity contribution < 1.29 is 33.9 Å². The average molecular weight is 272 g/mol. The van der Waals surface area contributed by atoms with Crippen LogP contribution in [0.25, 0.3) is 0 Å². The zero-order valence-corrected chi connectivity index (χ0v) is 9.90. The molecule has 0 radical (unpaired) electrons. The van der Waals surface area contributed by atoms with Crippen molar-refractivity contribution in [2.45, 2.75) is 12.8 Å². The third-order valence-electron chi connectivity index (χ3n) is 2.84. The van der Waals surface area contributed by atoms with Crippen LogP contribution in [0.1, 0.15) is 12.8 Å². The molecule has 0 aromatic heterocycles. The molecule has 0 bridgehead atoms. The SMILES string of the molecule is O=C(OCC1CN(C(=O)O)C1)ON1C(=O)CCC1=O. The smallest absolute Gasteiger partial charge is 0.465 e. The van der Waals surface area contributed by atoms with Crippen molar-refractivity contribution in [1.29, 1.82) is 0 Å². The number of hydrogen-bond donors (Lipinski definition) is 1. The summed E-state index contributed by atoms with van der Waals surface area (Å²) in [7, 11) is 0. The monoisotopic (exact) mass is 272 g/mol. The van der Waals surface area contributed by atoms with Crippen LogP contribution in [0.4, 0.5) is 9.59 Å². The average Bonchev–Trinajstić information content (AvgIpc) is 2.58. The molecular formula is C10H12N2O7. The predicted octanol–water partition coefficient (Wildman–Crippen LogP) is -0.187. The lowest BCUT2D eigenvalue weighted by atomic mass is 10.0. The molecule has 0 saturated carbocycles. The molecule has 104 valence electrons. The van der Waals surface area contributed by atoms with Crippen LogP contribution in [-0.2, 0) is 19.2 Å². The molecule has 2 aliphatic rings. The lowest BCUT2D eigenvalue weighted by Gasteiger charge is -2.36. The van der Waals surface area contributed by atoms with Gasteiger partial charge < -0.3 is 14.7 Å². The summed E-state index contributed by atoms with van der Waals surface area (Å²) in [6.45, 7) is 0.549. The second kappa shape index (κ2) is 5.12. The highest BCUT2D eigenvalue weighted by Gasteiger charge is 2.35. The van der Waals surface area contributed by atoms with Crippen molar-refractivity contribution in [1.82, 2.24) is 9.96 Å². The normalized spacial score (nSPS) is 19.4. The van der Waals surface area contributed by atoms with Gasteiger partial charge in [-0.2, -0.15) is 0 Å². The van der Waals surface area contributed by atoms with E-state index in [2.05, 4.69) is 4.84 Å². The Balaban J connectivity index is 1.67. The maximum absolute atomic E-state index is 11.2. The van der Waals surface area contributed by atoms with Crippen LogP contribution in [-0.4, -0.2) is 58.8 Å². The fourth-order valence-electron chi connectivity index (χ4n) is 1.78. The van der Waals surface area contributed by atoms with Gasteiger partial charge >= 0.3 is 12.2 Å². The number of nitrogens with zero attached hydrogens (tertiary/aromatic N) is 2. The van der Waals surface area contributed by atoms with Crippen LogP contribution in [0.15, 0.2) is 0 Å². The van der Waals surface area contributed by atoms with E-state index in [-0.39, 0.29) is 38.5 Å². The Kier molecular flexibility index (Phi) is 3.54. The minimum atomic E-state index is -1.14. The van der Waals surface area contributed by atoms with Gasteiger partial charge in [-0.1, -0.05) is 5.06 Å². The summed E-state index contributed by atoms with van der Waals surface area (Å²) in [5.74, 6) is -1.25. The van der Waals surface area contributed by atoms with Gasteiger partial charge in [0.15, 0.2) is 0 Å². The maximum atomic E-state index is 11.2. The quantitative estimate of drug-likeness (QED) is 0.559. The van der Waals surface area contributed by atoms with Crippen molar-refractivity contribution in [3.8, 4) is 0 Å². The van der Waals surface area contributed by atoms with Crippen molar-refractivity contribution in [3.05, 3.63) is 0 Å². The van der Waals surface area contributed by atoms with Crippen molar-refractivity contribution in [2.75, 3.05) is 19.7 Å². The van der Waals surface area contributed by atoms with Crippen LogP contribution in [0.2, 0.25) is 0 Å². The van der Waals surface area contributed by atoms with Crippen molar-refractivity contribution >= 4 is 24.1 Å². The lowest BCUT2D eigenvalue weighted by molar-refractivity contribution is -0.177. The number of carboxylic acid groups (broad SMARTS) is 1. The van der Waals surface area contributed by atoms with Gasteiger partial charge in [0.1, 0.15) is 6.61 Å². The third-order valence-corrected chi connectivity index (χ3v) is 2.84. The number of carbonyl (C=O) groups is 4. The van der Waals surface area contributed by atoms with Crippen LogP contribution in [0.3, 0.4) is 0 Å². The number of hydrogen-bond acceptors (Lipinski definition) is 6. The van der Waals surface area contributed by atoms with E-state index in [0.29, 0.717) is 5.06 Å². The maximum Gasteiger partial charge on any atom is 0.533 e. The van der Waals surface area contributed by atoms with Gasteiger partial charge in [0.25, 0.3) is 11.8 Å². The standard InChI is InChI=1S/C10H12N2O7/c13-7-1-2-8(14)12(7)19-10(17)18-5-6-3-11(4-6)9(15)16/h6H,1-5H2,(H,15,16). The van der Waals surface area contributed by atoms with E-state index in [9.17, 15) is 19.2 Å². The van der Waals surface area contributed by atoms with E-state index >= 15 is 0 Å². The van der Waals surface area contributed by atoms with Crippen LogP contribution < -0.4 is 0 Å². The fourth-order valence-corrected chi connectivity index (χ4v) is 1.78. The first-order chi connectivity index (χ1) is 8.97. The Morgan fingerprint density at radius 2 is 1.79 bits per heavy atom. The largest absolute Gasteiger partial charge is 0.533 e. The van der Waals surface area contributed by atoms with E-state index < -0.39 is 24.1 Å². The molecule has 3 amide bonds. The topological polar surface area (TPSA) is 113 Å². The number of amides is 3. The van der Waals surface area contributed by atoms with Gasteiger partial charge in [0, 0.05) is 31.8 Å². The highest BCUT2D eigenvalue weighted by molar-refractivity contribution is 6.01. The van der Waals surface area contributed by atoms with Crippen LogP contribution in [0, 0.1) is 5.92 Å². The molecule has 2 aliphatic heterocycles. The van der Waals surface area contributed by atoms with Gasteiger partial charge in [-0.25, -0.2) is 9.59 Å². The second-order valence-corrected chi connectivity index (χ2v) is 4.29. The van der Waals surface area contributed by atoms with Gasteiger partial charge in [0.05, 0.1) is 0 Å². The molecule has 0 atom stereocenters. The Bertz CT molecular complexity index is 414. The summed E-state index contributed by atoms with van der Waals surface area (Å²) < 4.78 is 4.71. The highest BCUT2D eigenvalue weighted by atomic mass is 16.8. The number of ether oxygens (including phenoxy) is 1. The van der Waals surface area contributed by atoms with E-state index in [1.54, 1.807) is 0 Å². The highest BCUT2D eigenvalue weighted by Crippen LogP contribution is 2.17. The molecule has 2 heterocycles. The van der Waals surface area contributed by atoms with Crippen molar-refractivity contribution in [3.63, 3.8) is 0 Å². The molecular weight excluding hydrogens is 260 g/mol. The molecule has 0 aliphatic carbocycles. The fraction of sp³-hybridized carbons (Fsp3) is 0.600. The summed E-state index contributed by atoms with van der Waals surface area (Å²) in [5.41, 5.74) is 0. The molecule has 2 rings (SSSR count). The molecule has 19 heavy (non-hydrogen) atoms. The molecule has 9 nitrogen and oxygen atoms in total. The second-order valence-electron chi connectivity index (χ2n) is 4.29. The van der Waals surface area contributed by atoms with Crippen molar-refractivity contribution in [2.24, 2.45) is 5.92 Å². The summed E-state index contributed by atoms with van der Waals surface area (Å²) >= 11 is 0. The Morgan fingerprint density at radius 3 is 2.32 bits per heavy atom. The Hall–Kier alpha value is -2.32. The first-order valence-electron chi connectivity index (χ1n) is 5.65. The number of imide groups is 1. The van der Waals surface area contributed by atoms with Gasteiger partial charge in [-0.15, -0.1) is 0 Å². The molecule has 0 aromatic rings. The zero-order chi connectivity index (χ0) is 14.0. The summed E-state index contributed by atoms with van der Waals surface area (Å²) in [6, 6.07) is 0. The van der Waals surface area contributed by atoms with E-state index in [1.807, 2.05) is 0 Å². The summed E-state index contributed by atoms with van der Waals surface area (Å²) in [4.78, 5) is 49.6. The molecule has 0 spiro atoms. The lowest BCUT2D eigenvalue weighted by Crippen LogP contribution is -2.51. The third kappa shape index (κ3) is 2.92. The van der Waals surface area contributed by atoms with Crippen LogP contribution in [0.5, 0.6) is 0 Å². The van der Waals surface area contributed by atoms with Gasteiger partial charge in [-0.3, -0.25) is 14.4 Å². The van der Waals surface area contributed by atoms with Crippen LogP contribution >= 0.6 is 0 Å². The summed E-state index contributed by atoms with van der Waals surface area (Å²) in [6.07, 6.45) is -2.13. The molecule has 2 saturated heterocycles. The van der Waals surface area contributed by atoms with E-state index in [0.717, 1.165) is 0 Å². The first kappa shape index (κ1) is 13.1. The Morgan fingerprint density at radius 1 is 1.21 bits per heavy atom. The molecule has 0 unspecified atom stereocenters. The number of rotatable bonds is 3. The van der Waals surface area contributed by atoms with Gasteiger partial charge in [-0.05, 0) is 0 Å². The van der Waals surface area contributed by atoms with Gasteiger partial charge in [0.2, 0.25) is 0 Å². The zero-order valence-electron chi connectivity index (χ0n) is 9.90. The Labute approximate surface area is 107 Å². The number of hydroxylamine groups is 2. The molecule has 9 heteroatoms. The minimum Gasteiger partial charge on any atom is -0.465 e. The predicted molar refractivity (Wildman–Crippen MR) is 56.6 cm³/mol. The number of likely N-dealkylation sites (tertiary alicyclic amines) is 1. The minimum absolute atomic E-state index is 0.0150. The molecule has 1 N–H and O–H groups in total. The summed E-state index contributed by atoms with van der Waals surface area (Å²) in [5, 5.41) is 8.98. The molecule has 0 aromatic carbocycles. The first-order valence-corrected chi connectivity index (χ1v) is 5.65. The molecule has 2 fully saturated rings. The van der Waals surface area contributed by atoms with E-state index in [4.69, 9.17) is 9.84 Å².